The van der Waals surface area contributed by atoms with Crippen molar-refractivity contribution >= 4 is 5.91 Å². The number of rotatable bonds is 7. The van der Waals surface area contributed by atoms with Crippen LogP contribution in [0.2, 0.25) is 0 Å². The Hall–Kier alpha value is -1.43. The lowest BCUT2D eigenvalue weighted by Crippen LogP contribution is -2.50. The minimum Gasteiger partial charge on any atom is -0.350 e. The lowest BCUT2D eigenvalue weighted by molar-refractivity contribution is -0.129. The molecule has 2 aliphatic heterocycles. The first-order chi connectivity index (χ1) is 12.7. The molecular formula is C21H32N2O3. The summed E-state index contributed by atoms with van der Waals surface area (Å²) < 4.78 is 11.3. The zero-order valence-electron chi connectivity index (χ0n) is 16.0. The Bertz CT molecular complexity index is 552. The van der Waals surface area contributed by atoms with E-state index in [9.17, 15) is 4.79 Å². The standard InChI is InChI=1S/C21H32N2O3/c1-3-7-19(17-8-5-4-6-9-17)22-20(24)16(2)23-12-10-18(11-13-23)21-25-14-15-26-21/h4-6,8-9,16,18-19,21H,3,7,10-15H2,1-2H3,(H,22,24). The maximum Gasteiger partial charge on any atom is 0.237 e. The van der Waals surface area contributed by atoms with Gasteiger partial charge in [0.05, 0.1) is 25.3 Å². The first kappa shape index (κ1) is 19.3. The molecule has 0 bridgehead atoms. The number of nitrogens with one attached hydrogen (secondary N) is 1. The highest BCUT2D eigenvalue weighted by atomic mass is 16.7. The molecule has 2 fully saturated rings. The number of carbonyl (C=O) groups is 1. The monoisotopic (exact) mass is 360 g/mol. The number of hydrogen-bond donors (Lipinski definition) is 1. The van der Waals surface area contributed by atoms with Gasteiger partial charge in [-0.25, -0.2) is 0 Å². The Morgan fingerprint density at radius 3 is 2.46 bits per heavy atom. The summed E-state index contributed by atoms with van der Waals surface area (Å²) in [5.74, 6) is 0.584. The number of likely N-dealkylation sites (tertiary alicyclic amines) is 1. The van der Waals surface area contributed by atoms with Crippen molar-refractivity contribution in [3.8, 4) is 0 Å². The predicted molar refractivity (Wildman–Crippen MR) is 102 cm³/mol. The van der Waals surface area contributed by atoms with Gasteiger partial charge in [0.25, 0.3) is 0 Å². The molecule has 0 spiro atoms. The average molecular weight is 360 g/mol. The maximum atomic E-state index is 12.8. The van der Waals surface area contributed by atoms with Gasteiger partial charge in [-0.1, -0.05) is 43.7 Å². The summed E-state index contributed by atoms with van der Waals surface area (Å²) in [6.07, 6.45) is 4.02. The van der Waals surface area contributed by atoms with Crippen LogP contribution in [-0.2, 0) is 14.3 Å². The smallest absolute Gasteiger partial charge is 0.237 e. The zero-order valence-corrected chi connectivity index (χ0v) is 16.0. The van der Waals surface area contributed by atoms with E-state index in [-0.39, 0.29) is 24.3 Å². The Labute approximate surface area is 157 Å². The molecule has 0 aromatic heterocycles. The minimum atomic E-state index is -0.107. The topological polar surface area (TPSA) is 50.8 Å². The number of carbonyl (C=O) groups excluding carboxylic acids is 1. The van der Waals surface area contributed by atoms with Gasteiger partial charge in [-0.05, 0) is 44.8 Å². The number of nitrogens with zero attached hydrogens (tertiary/aromatic N) is 1. The Morgan fingerprint density at radius 2 is 1.85 bits per heavy atom. The van der Waals surface area contributed by atoms with Gasteiger partial charge in [0.2, 0.25) is 5.91 Å². The summed E-state index contributed by atoms with van der Waals surface area (Å²) in [5, 5.41) is 3.27. The molecule has 2 atom stereocenters. The van der Waals surface area contributed by atoms with E-state index in [1.807, 2.05) is 25.1 Å². The number of hydrogen-bond acceptors (Lipinski definition) is 4. The molecule has 1 N–H and O–H groups in total. The molecule has 1 aromatic carbocycles. The van der Waals surface area contributed by atoms with Gasteiger partial charge in [0.1, 0.15) is 0 Å². The van der Waals surface area contributed by atoms with Crippen molar-refractivity contribution in [2.45, 2.75) is 57.9 Å². The van der Waals surface area contributed by atoms with Crippen LogP contribution in [0, 0.1) is 5.92 Å². The fraction of sp³-hybridized carbons (Fsp3) is 0.667. The molecule has 0 saturated carbocycles. The van der Waals surface area contributed by atoms with Gasteiger partial charge in [-0.15, -0.1) is 0 Å². The molecule has 1 aromatic rings. The third kappa shape index (κ3) is 4.84. The van der Waals surface area contributed by atoms with E-state index in [0.717, 1.165) is 38.8 Å². The molecule has 3 rings (SSSR count). The maximum absolute atomic E-state index is 12.8. The molecular weight excluding hydrogens is 328 g/mol. The molecule has 144 valence electrons. The van der Waals surface area contributed by atoms with Crippen molar-refractivity contribution in [1.29, 1.82) is 0 Å². The van der Waals surface area contributed by atoms with Crippen molar-refractivity contribution in [2.75, 3.05) is 26.3 Å². The van der Waals surface area contributed by atoms with Gasteiger partial charge in [0.15, 0.2) is 6.29 Å². The van der Waals surface area contributed by atoms with Crippen LogP contribution in [0.3, 0.4) is 0 Å². The predicted octanol–water partition coefficient (Wildman–Crippen LogP) is 3.12. The second kappa shape index (κ2) is 9.49. The normalized spacial score (nSPS) is 22.2. The van der Waals surface area contributed by atoms with Crippen molar-refractivity contribution < 1.29 is 14.3 Å². The van der Waals surface area contributed by atoms with Crippen molar-refractivity contribution in [3.63, 3.8) is 0 Å². The van der Waals surface area contributed by atoms with E-state index >= 15 is 0 Å². The summed E-state index contributed by atoms with van der Waals surface area (Å²) in [5.41, 5.74) is 1.18. The van der Waals surface area contributed by atoms with Crippen LogP contribution in [0.4, 0.5) is 0 Å². The number of piperidine rings is 1. The fourth-order valence-corrected chi connectivity index (χ4v) is 3.98. The van der Waals surface area contributed by atoms with E-state index in [2.05, 4.69) is 29.3 Å². The molecule has 2 saturated heterocycles. The fourth-order valence-electron chi connectivity index (χ4n) is 3.98. The summed E-state index contributed by atoms with van der Waals surface area (Å²) in [6, 6.07) is 10.3. The third-order valence-corrected chi connectivity index (χ3v) is 5.63. The van der Waals surface area contributed by atoms with Crippen LogP contribution >= 0.6 is 0 Å². The molecule has 2 unspecified atom stereocenters. The average Bonchev–Trinajstić information content (AvgIpc) is 3.22. The summed E-state index contributed by atoms with van der Waals surface area (Å²) in [7, 11) is 0. The van der Waals surface area contributed by atoms with Gasteiger partial charge >= 0.3 is 0 Å². The molecule has 5 nitrogen and oxygen atoms in total. The van der Waals surface area contributed by atoms with E-state index in [1.54, 1.807) is 0 Å². The van der Waals surface area contributed by atoms with Crippen LogP contribution in [0.1, 0.15) is 51.1 Å². The summed E-state index contributed by atoms with van der Waals surface area (Å²) >= 11 is 0. The van der Waals surface area contributed by atoms with E-state index in [4.69, 9.17) is 9.47 Å². The second-order valence-corrected chi connectivity index (χ2v) is 7.42. The number of amides is 1. The Balaban J connectivity index is 1.52. The molecule has 1 amide bonds. The van der Waals surface area contributed by atoms with Crippen molar-refractivity contribution in [1.82, 2.24) is 10.2 Å². The van der Waals surface area contributed by atoms with Crippen LogP contribution in [0.25, 0.3) is 0 Å². The van der Waals surface area contributed by atoms with Crippen LogP contribution < -0.4 is 5.32 Å². The van der Waals surface area contributed by atoms with Gasteiger partial charge in [-0.3, -0.25) is 9.69 Å². The zero-order chi connectivity index (χ0) is 18.4. The van der Waals surface area contributed by atoms with Crippen molar-refractivity contribution in [2.24, 2.45) is 5.92 Å². The summed E-state index contributed by atoms with van der Waals surface area (Å²) in [4.78, 5) is 15.1. The van der Waals surface area contributed by atoms with Gasteiger partial charge in [-0.2, -0.15) is 0 Å². The van der Waals surface area contributed by atoms with E-state index in [1.165, 1.54) is 5.56 Å². The second-order valence-electron chi connectivity index (χ2n) is 7.42. The summed E-state index contributed by atoms with van der Waals surface area (Å²) in [6.45, 7) is 7.44. The van der Waals surface area contributed by atoms with Gasteiger partial charge < -0.3 is 14.8 Å². The van der Waals surface area contributed by atoms with Crippen LogP contribution in [0.15, 0.2) is 30.3 Å². The molecule has 0 radical (unpaired) electrons. The lowest BCUT2D eigenvalue weighted by atomic mass is 9.95. The molecule has 2 heterocycles. The van der Waals surface area contributed by atoms with Crippen LogP contribution in [0.5, 0.6) is 0 Å². The quantitative estimate of drug-likeness (QED) is 0.812. The van der Waals surface area contributed by atoms with E-state index < -0.39 is 0 Å². The van der Waals surface area contributed by atoms with E-state index in [0.29, 0.717) is 19.1 Å². The largest absolute Gasteiger partial charge is 0.350 e. The first-order valence-corrected chi connectivity index (χ1v) is 10.0. The highest BCUT2D eigenvalue weighted by Gasteiger charge is 2.33. The molecule has 26 heavy (non-hydrogen) atoms. The Kier molecular flexibility index (Phi) is 7.06. The molecule has 5 heteroatoms. The molecule has 0 aliphatic carbocycles. The number of ether oxygens (including phenoxy) is 2. The highest BCUT2D eigenvalue weighted by molar-refractivity contribution is 5.81. The first-order valence-electron chi connectivity index (χ1n) is 10.0. The number of benzene rings is 1. The van der Waals surface area contributed by atoms with Gasteiger partial charge in [0, 0.05) is 5.92 Å². The lowest BCUT2D eigenvalue weighted by Gasteiger charge is -2.37. The highest BCUT2D eigenvalue weighted by Crippen LogP contribution is 2.27. The minimum absolute atomic E-state index is 0.0340. The van der Waals surface area contributed by atoms with Crippen LogP contribution in [-0.4, -0.2) is 49.4 Å². The van der Waals surface area contributed by atoms with Crippen molar-refractivity contribution in [3.05, 3.63) is 35.9 Å². The molecule has 2 aliphatic rings. The Morgan fingerprint density at radius 1 is 1.19 bits per heavy atom. The third-order valence-electron chi connectivity index (χ3n) is 5.63. The SMILES string of the molecule is CCCC(NC(=O)C(C)N1CCC(C2OCCO2)CC1)c1ccccc1.